The number of rotatable bonds is 15. The number of carbonyl (C=O) groups excluding carboxylic acids is 2. The van der Waals surface area contributed by atoms with Gasteiger partial charge in [0.25, 0.3) is 5.92 Å². The van der Waals surface area contributed by atoms with Crippen molar-refractivity contribution in [3.05, 3.63) is 24.3 Å². The highest BCUT2D eigenvalue weighted by Crippen LogP contribution is 2.41. The Bertz CT molecular complexity index is 710. The number of unbranched alkanes of at least 4 members (excludes halogenated alkanes) is 1. The summed E-state index contributed by atoms with van der Waals surface area (Å²) in [5.41, 5.74) is 0. The quantitative estimate of drug-likeness (QED) is 0.100. The standard InChI is InChI=1S/C27H46F2O4Si/c1-8-20-27(28,29)24(33-34(6,7)26(2,3)4)16-13-14-21-18-19-23(30)22(21)15-11-9-10-12-17-25(31)32-5/h9,11,18-19,21-22,24H,8,10,12-17,20H2,1-7H3/b11-9-/t21-,22-,24?/m1/s1. The van der Waals surface area contributed by atoms with Crippen molar-refractivity contribution in [3.63, 3.8) is 0 Å². The van der Waals surface area contributed by atoms with Crippen LogP contribution in [0.5, 0.6) is 0 Å². The second-order valence-electron chi connectivity index (χ2n) is 11.0. The number of ketones is 1. The minimum atomic E-state index is -2.85. The predicted octanol–water partition coefficient (Wildman–Crippen LogP) is 7.64. The second-order valence-corrected chi connectivity index (χ2v) is 15.8. The Labute approximate surface area is 206 Å². The lowest BCUT2D eigenvalue weighted by atomic mass is 9.86. The number of methoxy groups -OCH3 is 1. The molecule has 0 amide bonds. The fourth-order valence-corrected chi connectivity index (χ4v) is 5.38. The average molecular weight is 501 g/mol. The lowest BCUT2D eigenvalue weighted by Crippen LogP contribution is -2.49. The molecule has 0 spiro atoms. The summed E-state index contributed by atoms with van der Waals surface area (Å²) in [6.45, 7) is 12.0. The van der Waals surface area contributed by atoms with Crippen molar-refractivity contribution in [1.29, 1.82) is 0 Å². The van der Waals surface area contributed by atoms with Crippen LogP contribution in [0.3, 0.4) is 0 Å². The van der Waals surface area contributed by atoms with E-state index in [1.807, 2.05) is 31.3 Å². The van der Waals surface area contributed by atoms with Crippen molar-refractivity contribution in [3.8, 4) is 0 Å². The van der Waals surface area contributed by atoms with E-state index < -0.39 is 20.3 Å². The molecule has 0 N–H and O–H groups in total. The number of alkyl halides is 2. The molecule has 0 bridgehead atoms. The number of halogens is 2. The zero-order chi connectivity index (χ0) is 26.0. The molecule has 0 saturated carbocycles. The van der Waals surface area contributed by atoms with Crippen molar-refractivity contribution in [2.45, 2.75) is 116 Å². The molecule has 0 heterocycles. The summed E-state index contributed by atoms with van der Waals surface area (Å²) in [5, 5.41) is -0.136. The number of hydrogen-bond donors (Lipinski definition) is 0. The van der Waals surface area contributed by atoms with Gasteiger partial charge in [-0.1, -0.05) is 58.8 Å². The highest BCUT2D eigenvalue weighted by molar-refractivity contribution is 6.74. The van der Waals surface area contributed by atoms with E-state index in [1.165, 1.54) is 7.11 Å². The smallest absolute Gasteiger partial charge is 0.305 e. The molecule has 1 aliphatic rings. The summed E-state index contributed by atoms with van der Waals surface area (Å²) < 4.78 is 40.8. The summed E-state index contributed by atoms with van der Waals surface area (Å²) in [4.78, 5) is 23.5. The molecule has 1 rings (SSSR count). The van der Waals surface area contributed by atoms with E-state index in [0.717, 1.165) is 6.42 Å². The average Bonchev–Trinajstić information content (AvgIpc) is 3.08. The van der Waals surface area contributed by atoms with Gasteiger partial charge in [-0.3, -0.25) is 9.59 Å². The molecule has 196 valence electrons. The van der Waals surface area contributed by atoms with E-state index in [-0.39, 0.29) is 35.0 Å². The molecule has 0 aromatic heterocycles. The van der Waals surface area contributed by atoms with Gasteiger partial charge in [-0.25, -0.2) is 8.78 Å². The van der Waals surface area contributed by atoms with Gasteiger partial charge in [-0.15, -0.1) is 0 Å². The highest BCUT2D eigenvalue weighted by Gasteiger charge is 2.46. The third kappa shape index (κ3) is 9.72. The molecule has 0 saturated heterocycles. The summed E-state index contributed by atoms with van der Waals surface area (Å²) in [5.74, 6) is -3.02. The van der Waals surface area contributed by atoms with Gasteiger partial charge in [0.2, 0.25) is 0 Å². The second kappa shape index (κ2) is 13.7. The summed E-state index contributed by atoms with van der Waals surface area (Å²) in [6, 6.07) is 0. The van der Waals surface area contributed by atoms with Crippen molar-refractivity contribution in [1.82, 2.24) is 0 Å². The van der Waals surface area contributed by atoms with E-state index in [2.05, 4.69) is 25.5 Å². The molecule has 0 radical (unpaired) electrons. The van der Waals surface area contributed by atoms with Crippen molar-refractivity contribution in [2.24, 2.45) is 11.8 Å². The van der Waals surface area contributed by atoms with Gasteiger partial charge >= 0.3 is 5.97 Å². The van der Waals surface area contributed by atoms with E-state index in [1.54, 1.807) is 13.0 Å². The molecule has 0 fully saturated rings. The summed E-state index contributed by atoms with van der Waals surface area (Å²) in [6.07, 6.45) is 10.8. The summed E-state index contributed by atoms with van der Waals surface area (Å²) in [7, 11) is -0.959. The van der Waals surface area contributed by atoms with Crippen LogP contribution in [0.25, 0.3) is 0 Å². The van der Waals surface area contributed by atoms with Crippen LogP contribution in [-0.2, 0) is 18.8 Å². The molecule has 0 aromatic carbocycles. The van der Waals surface area contributed by atoms with Gasteiger partial charge in [0, 0.05) is 18.8 Å². The Kier molecular flexibility index (Phi) is 12.3. The van der Waals surface area contributed by atoms with Gasteiger partial charge in [0.15, 0.2) is 14.1 Å². The van der Waals surface area contributed by atoms with Crippen molar-refractivity contribution in [2.75, 3.05) is 7.11 Å². The maximum absolute atomic E-state index is 15.0. The Balaban J connectivity index is 2.67. The molecule has 34 heavy (non-hydrogen) atoms. The molecule has 7 heteroatoms. The number of allylic oxidation sites excluding steroid dienone is 4. The first-order chi connectivity index (χ1) is 15.7. The van der Waals surface area contributed by atoms with Crippen LogP contribution in [0.2, 0.25) is 18.1 Å². The molecule has 1 unspecified atom stereocenters. The van der Waals surface area contributed by atoms with Crippen LogP contribution in [0, 0.1) is 11.8 Å². The molecular formula is C27H46F2O4Si. The third-order valence-electron chi connectivity index (χ3n) is 7.23. The third-order valence-corrected chi connectivity index (χ3v) is 11.7. The van der Waals surface area contributed by atoms with Crippen LogP contribution in [-0.4, -0.2) is 39.2 Å². The lowest BCUT2D eigenvalue weighted by Gasteiger charge is -2.41. The molecule has 0 aromatic rings. The number of carbonyl (C=O) groups is 2. The van der Waals surface area contributed by atoms with E-state index in [9.17, 15) is 18.4 Å². The number of ether oxygens (including phenoxy) is 1. The fraction of sp³-hybridized carbons (Fsp3) is 0.778. The first-order valence-corrected chi connectivity index (χ1v) is 15.7. The molecule has 0 aliphatic heterocycles. The van der Waals surface area contributed by atoms with Gasteiger partial charge in [-0.05, 0) is 62.2 Å². The fourth-order valence-electron chi connectivity index (χ4n) is 4.02. The van der Waals surface area contributed by atoms with Gasteiger partial charge < -0.3 is 9.16 Å². The largest absolute Gasteiger partial charge is 0.469 e. The van der Waals surface area contributed by atoms with Crippen LogP contribution in [0.1, 0.15) is 85.5 Å². The van der Waals surface area contributed by atoms with E-state index >= 15 is 0 Å². The van der Waals surface area contributed by atoms with Crippen LogP contribution in [0.15, 0.2) is 24.3 Å². The minimum Gasteiger partial charge on any atom is -0.469 e. The lowest BCUT2D eigenvalue weighted by molar-refractivity contribution is -0.140. The van der Waals surface area contributed by atoms with Crippen LogP contribution in [0.4, 0.5) is 8.78 Å². The molecular weight excluding hydrogens is 454 g/mol. The zero-order valence-electron chi connectivity index (χ0n) is 22.3. The Morgan fingerprint density at radius 2 is 1.88 bits per heavy atom. The maximum atomic E-state index is 15.0. The normalized spacial score (nSPS) is 20.3. The van der Waals surface area contributed by atoms with Gasteiger partial charge in [0.05, 0.1) is 7.11 Å². The van der Waals surface area contributed by atoms with Crippen LogP contribution >= 0.6 is 0 Å². The first-order valence-electron chi connectivity index (χ1n) is 12.7. The Hall–Kier alpha value is -1.34. The Morgan fingerprint density at radius 1 is 1.21 bits per heavy atom. The van der Waals surface area contributed by atoms with E-state index in [0.29, 0.717) is 44.9 Å². The van der Waals surface area contributed by atoms with Gasteiger partial charge in [-0.2, -0.15) is 0 Å². The maximum Gasteiger partial charge on any atom is 0.305 e. The highest BCUT2D eigenvalue weighted by atomic mass is 28.4. The molecule has 1 aliphatic carbocycles. The summed E-state index contributed by atoms with van der Waals surface area (Å²) >= 11 is 0. The predicted molar refractivity (Wildman–Crippen MR) is 137 cm³/mol. The Morgan fingerprint density at radius 3 is 2.47 bits per heavy atom. The zero-order valence-corrected chi connectivity index (χ0v) is 23.3. The van der Waals surface area contributed by atoms with E-state index in [4.69, 9.17) is 4.43 Å². The number of hydrogen-bond acceptors (Lipinski definition) is 4. The molecule has 3 atom stereocenters. The number of esters is 1. The molecule has 4 nitrogen and oxygen atoms in total. The van der Waals surface area contributed by atoms with Crippen LogP contribution < -0.4 is 0 Å². The van der Waals surface area contributed by atoms with Gasteiger partial charge in [0.1, 0.15) is 6.10 Å². The van der Waals surface area contributed by atoms with Crippen molar-refractivity contribution >= 4 is 20.1 Å². The minimum absolute atomic E-state index is 0.0699. The first kappa shape index (κ1) is 30.7. The topological polar surface area (TPSA) is 52.6 Å². The van der Waals surface area contributed by atoms with Crippen molar-refractivity contribution < 1.29 is 27.5 Å². The monoisotopic (exact) mass is 500 g/mol. The SMILES string of the molecule is CCCC(F)(F)C(CCC[C@@H]1C=CC(=O)[C@@H]1C/C=C\CCCC(=O)OC)O[Si](C)(C)C(C)(C)C.